The SMILES string of the molecule is CCn1c(=O)[nH]c2cc(CN3CCN(C(c4ccccc4)c4ccccc4)CC3)ccc21. The zero-order valence-electron chi connectivity index (χ0n) is 18.6. The highest BCUT2D eigenvalue weighted by atomic mass is 16.1. The van der Waals surface area contributed by atoms with E-state index in [9.17, 15) is 4.79 Å². The first-order valence-corrected chi connectivity index (χ1v) is 11.5. The lowest BCUT2D eigenvalue weighted by Gasteiger charge is -2.39. The molecule has 1 aliphatic rings. The minimum Gasteiger partial charge on any atom is -0.306 e. The number of nitrogens with zero attached hydrogens (tertiary/aromatic N) is 3. The van der Waals surface area contributed by atoms with Crippen LogP contribution in [-0.4, -0.2) is 45.5 Å². The fraction of sp³-hybridized carbons (Fsp3) is 0.296. The highest BCUT2D eigenvalue weighted by molar-refractivity contribution is 5.76. The standard InChI is InChI=1S/C27H30N4O/c1-2-31-25-14-13-21(19-24(25)28-27(31)32)20-29-15-17-30(18-16-29)26(22-9-5-3-6-10-22)23-11-7-4-8-12-23/h3-14,19,26H,2,15-18,20H2,1H3,(H,28,32). The van der Waals surface area contributed by atoms with Crippen LogP contribution in [0.3, 0.4) is 0 Å². The Bertz CT molecular complexity index is 1180. The quantitative estimate of drug-likeness (QED) is 0.501. The first kappa shape index (κ1) is 20.7. The van der Waals surface area contributed by atoms with Gasteiger partial charge < -0.3 is 4.98 Å². The molecule has 5 heteroatoms. The molecule has 2 heterocycles. The zero-order valence-corrected chi connectivity index (χ0v) is 18.6. The zero-order chi connectivity index (χ0) is 21.9. The number of hydrogen-bond donors (Lipinski definition) is 1. The van der Waals surface area contributed by atoms with Crippen molar-refractivity contribution in [1.82, 2.24) is 19.4 Å². The molecule has 0 saturated carbocycles. The lowest BCUT2D eigenvalue weighted by atomic mass is 9.96. The van der Waals surface area contributed by atoms with E-state index in [1.165, 1.54) is 16.7 Å². The van der Waals surface area contributed by atoms with Gasteiger partial charge in [-0.3, -0.25) is 14.4 Å². The topological polar surface area (TPSA) is 44.3 Å². The van der Waals surface area contributed by atoms with Crippen molar-refractivity contribution in [2.24, 2.45) is 0 Å². The molecule has 3 aromatic carbocycles. The number of aromatic amines is 1. The Hall–Kier alpha value is -3.15. The highest BCUT2D eigenvalue weighted by Crippen LogP contribution is 2.29. The predicted molar refractivity (Wildman–Crippen MR) is 130 cm³/mol. The molecule has 0 spiro atoms. The van der Waals surface area contributed by atoms with Gasteiger partial charge in [0.1, 0.15) is 0 Å². The minimum atomic E-state index is -0.0267. The van der Waals surface area contributed by atoms with Crippen LogP contribution in [0.1, 0.15) is 29.7 Å². The molecule has 1 N–H and O–H groups in total. The Kier molecular flexibility index (Phi) is 5.93. The summed E-state index contributed by atoms with van der Waals surface area (Å²) in [6.45, 7) is 7.70. The number of hydrogen-bond acceptors (Lipinski definition) is 3. The van der Waals surface area contributed by atoms with E-state index in [0.717, 1.165) is 43.8 Å². The Labute approximate surface area is 188 Å². The second kappa shape index (κ2) is 9.15. The lowest BCUT2D eigenvalue weighted by molar-refractivity contribution is 0.105. The molecule has 164 valence electrons. The van der Waals surface area contributed by atoms with E-state index in [1.54, 1.807) is 4.57 Å². The van der Waals surface area contributed by atoms with Crippen molar-refractivity contribution in [3.05, 3.63) is 106 Å². The van der Waals surface area contributed by atoms with Crippen LogP contribution in [0.4, 0.5) is 0 Å². The summed E-state index contributed by atoms with van der Waals surface area (Å²) in [7, 11) is 0. The van der Waals surface area contributed by atoms with Crippen LogP contribution >= 0.6 is 0 Å². The van der Waals surface area contributed by atoms with Gasteiger partial charge in [0.05, 0.1) is 17.1 Å². The molecule has 0 unspecified atom stereocenters. The van der Waals surface area contributed by atoms with E-state index in [0.29, 0.717) is 6.54 Å². The van der Waals surface area contributed by atoms with Crippen LogP contribution in [0.2, 0.25) is 0 Å². The molecule has 1 aliphatic heterocycles. The van der Waals surface area contributed by atoms with Crippen LogP contribution in [0.15, 0.2) is 83.7 Å². The molecule has 1 saturated heterocycles. The Morgan fingerprint density at radius 2 is 1.47 bits per heavy atom. The summed E-state index contributed by atoms with van der Waals surface area (Å²) >= 11 is 0. The largest absolute Gasteiger partial charge is 0.326 e. The molecule has 0 amide bonds. The number of piperazine rings is 1. The van der Waals surface area contributed by atoms with Crippen molar-refractivity contribution in [2.75, 3.05) is 26.2 Å². The normalized spacial score (nSPS) is 15.6. The second-order valence-corrected chi connectivity index (χ2v) is 8.56. The summed E-state index contributed by atoms with van der Waals surface area (Å²) < 4.78 is 1.78. The highest BCUT2D eigenvalue weighted by Gasteiger charge is 2.26. The number of imidazole rings is 1. The number of nitrogens with one attached hydrogen (secondary N) is 1. The third-order valence-electron chi connectivity index (χ3n) is 6.56. The molecule has 0 aliphatic carbocycles. The number of aryl methyl sites for hydroxylation is 1. The van der Waals surface area contributed by atoms with Gasteiger partial charge in [0.2, 0.25) is 0 Å². The van der Waals surface area contributed by atoms with Crippen molar-refractivity contribution in [1.29, 1.82) is 0 Å². The number of rotatable bonds is 6. The van der Waals surface area contributed by atoms with E-state index >= 15 is 0 Å². The number of fused-ring (bicyclic) bond motifs is 1. The number of aromatic nitrogens is 2. The third-order valence-corrected chi connectivity index (χ3v) is 6.56. The summed E-state index contributed by atoms with van der Waals surface area (Å²) in [4.78, 5) is 20.2. The van der Waals surface area contributed by atoms with Gasteiger partial charge in [-0.2, -0.15) is 0 Å². The maximum Gasteiger partial charge on any atom is 0.326 e. The van der Waals surface area contributed by atoms with Crippen LogP contribution in [-0.2, 0) is 13.1 Å². The molecule has 1 fully saturated rings. The molecule has 0 radical (unpaired) electrons. The number of benzene rings is 3. The molecular weight excluding hydrogens is 396 g/mol. The smallest absolute Gasteiger partial charge is 0.306 e. The summed E-state index contributed by atoms with van der Waals surface area (Å²) in [5.41, 5.74) is 5.84. The molecule has 4 aromatic rings. The van der Waals surface area contributed by atoms with Gasteiger partial charge in [0, 0.05) is 39.3 Å². The molecule has 5 nitrogen and oxygen atoms in total. The molecule has 5 rings (SSSR count). The molecule has 0 bridgehead atoms. The van der Waals surface area contributed by atoms with Crippen molar-refractivity contribution >= 4 is 11.0 Å². The van der Waals surface area contributed by atoms with Crippen LogP contribution in [0.25, 0.3) is 11.0 Å². The third kappa shape index (κ3) is 4.14. The summed E-state index contributed by atoms with van der Waals surface area (Å²) in [5.74, 6) is 0. The summed E-state index contributed by atoms with van der Waals surface area (Å²) in [5, 5.41) is 0. The van der Waals surface area contributed by atoms with Gasteiger partial charge in [-0.25, -0.2) is 4.79 Å². The minimum absolute atomic E-state index is 0.0267. The maximum absolute atomic E-state index is 12.1. The van der Waals surface area contributed by atoms with Crippen LogP contribution in [0, 0.1) is 0 Å². The van der Waals surface area contributed by atoms with Gasteiger partial charge in [0.25, 0.3) is 0 Å². The van der Waals surface area contributed by atoms with Crippen molar-refractivity contribution in [3.63, 3.8) is 0 Å². The second-order valence-electron chi connectivity index (χ2n) is 8.56. The van der Waals surface area contributed by atoms with E-state index in [1.807, 2.05) is 6.92 Å². The summed E-state index contributed by atoms with van der Waals surface area (Å²) in [6.07, 6.45) is 0. The summed E-state index contributed by atoms with van der Waals surface area (Å²) in [6, 6.07) is 28.3. The maximum atomic E-state index is 12.1. The van der Waals surface area contributed by atoms with Crippen LogP contribution in [0.5, 0.6) is 0 Å². The first-order valence-electron chi connectivity index (χ1n) is 11.5. The van der Waals surface area contributed by atoms with Gasteiger partial charge in [-0.1, -0.05) is 66.7 Å². The fourth-order valence-corrected chi connectivity index (χ4v) is 4.95. The molecular formula is C27H30N4O. The molecule has 32 heavy (non-hydrogen) atoms. The van der Waals surface area contributed by atoms with E-state index in [-0.39, 0.29) is 11.7 Å². The Balaban J connectivity index is 1.30. The van der Waals surface area contributed by atoms with E-state index in [4.69, 9.17) is 0 Å². The van der Waals surface area contributed by atoms with Crippen molar-refractivity contribution < 1.29 is 0 Å². The van der Waals surface area contributed by atoms with Gasteiger partial charge >= 0.3 is 5.69 Å². The van der Waals surface area contributed by atoms with Gasteiger partial charge in [-0.15, -0.1) is 0 Å². The van der Waals surface area contributed by atoms with Crippen LogP contribution < -0.4 is 5.69 Å². The average molecular weight is 427 g/mol. The average Bonchev–Trinajstić information content (AvgIpc) is 3.16. The van der Waals surface area contributed by atoms with Gasteiger partial charge in [0.15, 0.2) is 0 Å². The Morgan fingerprint density at radius 3 is 2.06 bits per heavy atom. The van der Waals surface area contributed by atoms with Crippen molar-refractivity contribution in [2.45, 2.75) is 26.1 Å². The van der Waals surface area contributed by atoms with E-state index in [2.05, 4.69) is 93.6 Å². The van der Waals surface area contributed by atoms with Gasteiger partial charge in [-0.05, 0) is 35.7 Å². The van der Waals surface area contributed by atoms with E-state index < -0.39 is 0 Å². The molecule has 1 aromatic heterocycles. The monoisotopic (exact) mass is 426 g/mol. The number of H-pyrrole nitrogens is 1. The molecule has 0 atom stereocenters. The Morgan fingerprint density at radius 1 is 0.844 bits per heavy atom. The predicted octanol–water partition coefficient (Wildman–Crippen LogP) is 4.26. The lowest BCUT2D eigenvalue weighted by Crippen LogP contribution is -2.47. The first-order chi connectivity index (χ1) is 15.7. The fourth-order valence-electron chi connectivity index (χ4n) is 4.95. The van der Waals surface area contributed by atoms with Crippen molar-refractivity contribution in [3.8, 4) is 0 Å².